The van der Waals surface area contributed by atoms with Crippen molar-refractivity contribution in [1.29, 1.82) is 0 Å². The first-order valence-corrected chi connectivity index (χ1v) is 16.3. The topological polar surface area (TPSA) is 69.7 Å². The molecule has 4 aromatic carbocycles. The van der Waals surface area contributed by atoms with Gasteiger partial charge in [-0.15, -0.1) is 0 Å². The molecule has 4 heterocycles. The van der Waals surface area contributed by atoms with E-state index in [0.29, 0.717) is 45.8 Å². The van der Waals surface area contributed by atoms with Gasteiger partial charge in [0.05, 0.1) is 26.9 Å². The van der Waals surface area contributed by atoms with Gasteiger partial charge in [0, 0.05) is 30.7 Å². The molecule has 47 heavy (non-hydrogen) atoms. The molecule has 244 valence electrons. The molecule has 0 spiro atoms. The van der Waals surface area contributed by atoms with Crippen LogP contribution in [-0.2, 0) is 25.7 Å². The van der Waals surface area contributed by atoms with Crippen LogP contribution in [0.3, 0.4) is 0 Å². The molecule has 4 aliphatic heterocycles. The summed E-state index contributed by atoms with van der Waals surface area (Å²) >= 11 is 0. The standard InChI is InChI=1S/C39H42N2O6/c1-23(42)29-12-9-25-18-31-30-22-35(34(43-4)20-26(30)13-15-40(31)2)47-39-37-27(21-36(44-5)38(39)45-6)14-16-41(3)32(37)17-24-7-10-28(11-8-24)46-33(29)19-25/h7-12,19-22,31-32H,13-18H2,1-6H3/t31-,32+/m1/s1. The Hall–Kier alpha value is -4.53. The van der Waals surface area contributed by atoms with Crippen LogP contribution in [0.1, 0.15) is 62.7 Å². The number of ketones is 1. The van der Waals surface area contributed by atoms with Crippen LogP contribution in [0.15, 0.2) is 60.7 Å². The van der Waals surface area contributed by atoms with E-state index in [9.17, 15) is 4.79 Å². The maximum absolute atomic E-state index is 12.6. The van der Waals surface area contributed by atoms with Crippen LogP contribution in [0.25, 0.3) is 0 Å². The van der Waals surface area contributed by atoms with Crippen LogP contribution in [0, 0.1) is 0 Å². The molecule has 6 bridgehead atoms. The molecule has 0 aliphatic carbocycles. The average Bonchev–Trinajstić information content (AvgIpc) is 3.07. The Morgan fingerprint density at radius 1 is 0.723 bits per heavy atom. The minimum atomic E-state index is -0.0267. The second kappa shape index (κ2) is 12.6. The summed E-state index contributed by atoms with van der Waals surface area (Å²) in [6.07, 6.45) is 3.23. The summed E-state index contributed by atoms with van der Waals surface area (Å²) in [7, 11) is 9.35. The van der Waals surface area contributed by atoms with Crippen LogP contribution >= 0.6 is 0 Å². The quantitative estimate of drug-likeness (QED) is 0.216. The van der Waals surface area contributed by atoms with E-state index in [4.69, 9.17) is 23.7 Å². The molecule has 8 rings (SSSR count). The molecule has 0 saturated carbocycles. The van der Waals surface area contributed by atoms with Gasteiger partial charge >= 0.3 is 0 Å². The van der Waals surface area contributed by atoms with E-state index in [-0.39, 0.29) is 17.9 Å². The predicted molar refractivity (Wildman–Crippen MR) is 181 cm³/mol. The first-order valence-electron chi connectivity index (χ1n) is 16.3. The summed E-state index contributed by atoms with van der Waals surface area (Å²) in [6, 6.07) is 20.6. The van der Waals surface area contributed by atoms with Gasteiger partial charge in [0.1, 0.15) is 11.5 Å². The van der Waals surface area contributed by atoms with Crippen molar-refractivity contribution in [1.82, 2.24) is 9.80 Å². The number of benzene rings is 4. The zero-order chi connectivity index (χ0) is 32.8. The summed E-state index contributed by atoms with van der Waals surface area (Å²) in [5.74, 6) is 4.42. The maximum atomic E-state index is 12.6. The van der Waals surface area contributed by atoms with Gasteiger partial charge in [0.15, 0.2) is 28.8 Å². The second-order valence-corrected chi connectivity index (χ2v) is 12.9. The predicted octanol–water partition coefficient (Wildman–Crippen LogP) is 7.36. The Morgan fingerprint density at radius 3 is 2.09 bits per heavy atom. The lowest BCUT2D eigenvalue weighted by atomic mass is 9.87. The lowest BCUT2D eigenvalue weighted by Crippen LogP contribution is -2.34. The van der Waals surface area contributed by atoms with Crippen LogP contribution in [-0.4, -0.2) is 64.1 Å². The number of hydrogen-bond acceptors (Lipinski definition) is 8. The summed E-state index contributed by atoms with van der Waals surface area (Å²) < 4.78 is 31.3. The molecular weight excluding hydrogens is 592 g/mol. The zero-order valence-electron chi connectivity index (χ0n) is 28.0. The average molecular weight is 635 g/mol. The molecule has 8 heteroatoms. The van der Waals surface area contributed by atoms with Crippen molar-refractivity contribution in [2.75, 3.05) is 48.5 Å². The number of nitrogens with zero attached hydrogens (tertiary/aromatic N) is 2. The van der Waals surface area contributed by atoms with Gasteiger partial charge in [-0.3, -0.25) is 14.6 Å². The summed E-state index contributed by atoms with van der Waals surface area (Å²) in [4.78, 5) is 17.4. The molecule has 0 unspecified atom stereocenters. The summed E-state index contributed by atoms with van der Waals surface area (Å²) in [5.41, 5.74) is 7.50. The zero-order valence-corrected chi connectivity index (χ0v) is 28.0. The van der Waals surface area contributed by atoms with Crippen molar-refractivity contribution in [3.05, 3.63) is 99.6 Å². The fourth-order valence-corrected chi connectivity index (χ4v) is 7.42. The number of hydrogen-bond donors (Lipinski definition) is 0. The SMILES string of the molecule is COc1cc2c3cc1Oc1c(OC)c(OC)cc4c1[C@H](Cc1ccc(cc1)Oc1cc(ccc1C(C)=O)C[C@H]3N(C)CC2)N(C)CC4. The van der Waals surface area contributed by atoms with Crippen LogP contribution in [0.2, 0.25) is 0 Å². The molecule has 4 aliphatic rings. The van der Waals surface area contributed by atoms with Gasteiger partial charge in [0.25, 0.3) is 0 Å². The molecule has 2 atom stereocenters. The molecule has 0 amide bonds. The number of likely N-dealkylation sites (N-methyl/N-ethyl adjacent to an activating group) is 2. The second-order valence-electron chi connectivity index (χ2n) is 12.9. The van der Waals surface area contributed by atoms with Crippen molar-refractivity contribution in [2.24, 2.45) is 0 Å². The van der Waals surface area contributed by atoms with Crippen molar-refractivity contribution < 1.29 is 28.5 Å². The van der Waals surface area contributed by atoms with E-state index in [2.05, 4.69) is 54.2 Å². The largest absolute Gasteiger partial charge is 0.493 e. The lowest BCUT2D eigenvalue weighted by Gasteiger charge is -2.37. The third-order valence-corrected chi connectivity index (χ3v) is 10.0. The highest BCUT2D eigenvalue weighted by Crippen LogP contribution is 2.51. The highest BCUT2D eigenvalue weighted by atomic mass is 16.5. The fraction of sp³-hybridized carbons (Fsp3) is 0.359. The van der Waals surface area contributed by atoms with E-state index < -0.39 is 0 Å². The number of carbonyl (C=O) groups is 1. The smallest absolute Gasteiger partial charge is 0.204 e. The third-order valence-electron chi connectivity index (χ3n) is 10.0. The molecule has 0 saturated heterocycles. The van der Waals surface area contributed by atoms with Gasteiger partial charge in [0.2, 0.25) is 5.75 Å². The van der Waals surface area contributed by atoms with Crippen molar-refractivity contribution in [3.63, 3.8) is 0 Å². The van der Waals surface area contributed by atoms with E-state index in [0.717, 1.165) is 55.5 Å². The molecule has 0 fully saturated rings. The summed E-state index contributed by atoms with van der Waals surface area (Å²) in [6.45, 7) is 3.39. The van der Waals surface area contributed by atoms with Crippen molar-refractivity contribution in [3.8, 4) is 40.2 Å². The van der Waals surface area contributed by atoms with E-state index in [1.807, 2.05) is 30.3 Å². The number of rotatable bonds is 4. The first-order chi connectivity index (χ1) is 22.8. The molecule has 0 aromatic heterocycles. The molecule has 8 nitrogen and oxygen atoms in total. The van der Waals surface area contributed by atoms with Gasteiger partial charge < -0.3 is 23.7 Å². The minimum Gasteiger partial charge on any atom is -0.493 e. The highest BCUT2D eigenvalue weighted by Gasteiger charge is 2.34. The maximum Gasteiger partial charge on any atom is 0.204 e. The van der Waals surface area contributed by atoms with E-state index in [1.54, 1.807) is 28.3 Å². The highest BCUT2D eigenvalue weighted by molar-refractivity contribution is 5.97. The Balaban J connectivity index is 1.46. The number of methoxy groups -OCH3 is 3. The van der Waals surface area contributed by atoms with Crippen LogP contribution < -0.4 is 23.7 Å². The molecule has 0 radical (unpaired) electrons. The van der Waals surface area contributed by atoms with Gasteiger partial charge in [-0.1, -0.05) is 18.2 Å². The normalized spacial score (nSPS) is 19.0. The number of fused-ring (bicyclic) bond motifs is 2. The van der Waals surface area contributed by atoms with Gasteiger partial charge in [-0.05, 0) is 117 Å². The molecule has 0 N–H and O–H groups in total. The van der Waals surface area contributed by atoms with E-state index in [1.165, 1.54) is 16.7 Å². The van der Waals surface area contributed by atoms with Crippen LogP contribution in [0.5, 0.6) is 40.2 Å². The van der Waals surface area contributed by atoms with E-state index >= 15 is 0 Å². The van der Waals surface area contributed by atoms with Crippen molar-refractivity contribution >= 4 is 5.78 Å². The lowest BCUT2D eigenvalue weighted by molar-refractivity contribution is 0.101. The third kappa shape index (κ3) is 5.70. The van der Waals surface area contributed by atoms with Crippen LogP contribution in [0.4, 0.5) is 0 Å². The first kappa shape index (κ1) is 31.1. The number of Topliss-reactive ketones (excluding diaryl/α,β-unsaturated/α-hetero) is 1. The number of carbonyl (C=O) groups excluding carboxylic acids is 1. The fourth-order valence-electron chi connectivity index (χ4n) is 7.42. The Kier molecular flexibility index (Phi) is 8.32. The minimum absolute atomic E-state index is 0.0164. The monoisotopic (exact) mass is 634 g/mol. The Labute approximate surface area is 276 Å². The Morgan fingerprint density at radius 2 is 1.38 bits per heavy atom. The van der Waals surface area contributed by atoms with Gasteiger partial charge in [-0.25, -0.2) is 0 Å². The van der Waals surface area contributed by atoms with Gasteiger partial charge in [-0.2, -0.15) is 0 Å². The Bertz CT molecular complexity index is 1830. The van der Waals surface area contributed by atoms with Crippen molar-refractivity contribution in [2.45, 2.75) is 44.7 Å². The molecule has 4 aromatic rings. The summed E-state index contributed by atoms with van der Waals surface area (Å²) in [5, 5.41) is 0. The number of ether oxygens (including phenoxy) is 5. The molecular formula is C39H42N2O6.